The van der Waals surface area contributed by atoms with Gasteiger partial charge in [0.1, 0.15) is 11.9 Å². The zero-order chi connectivity index (χ0) is 13.9. The summed E-state index contributed by atoms with van der Waals surface area (Å²) >= 11 is 3.26. The number of nitrogens with one attached hydrogen (secondary N) is 1. The summed E-state index contributed by atoms with van der Waals surface area (Å²) in [6.07, 6.45) is 5.78. The lowest BCUT2D eigenvalue weighted by Gasteiger charge is -2.39. The predicted octanol–water partition coefficient (Wildman–Crippen LogP) is 3.68. The van der Waals surface area contributed by atoms with E-state index in [1.54, 1.807) is 0 Å². The minimum Gasteiger partial charge on any atom is -0.354 e. The molecule has 0 spiro atoms. The molecule has 1 amide bonds. The molecule has 1 N–H and O–H groups in total. The Balaban J connectivity index is 1.83. The van der Waals surface area contributed by atoms with Gasteiger partial charge in [-0.15, -0.1) is 0 Å². The molecule has 5 heteroatoms. The van der Waals surface area contributed by atoms with Gasteiger partial charge in [-0.2, -0.15) is 0 Å². The molecule has 3 aliphatic rings. The van der Waals surface area contributed by atoms with Gasteiger partial charge in [0.15, 0.2) is 0 Å². The molecular formula is C15H16BrFN2O. The number of fused-ring (bicyclic) bond motifs is 5. The summed E-state index contributed by atoms with van der Waals surface area (Å²) in [6, 6.07) is 3.60. The minimum atomic E-state index is -0.332. The molecule has 1 aromatic rings. The van der Waals surface area contributed by atoms with E-state index in [-0.39, 0.29) is 17.8 Å². The van der Waals surface area contributed by atoms with Crippen LogP contribution in [0.5, 0.6) is 0 Å². The number of anilines is 2. The number of carbonyl (C=O) groups is 1. The standard InChI is InChI=1S/C15H16BrFN2O/c16-9-6-13-11(7-10(9)17)18-15(20)14-5-8-3-1-2-4-12(8)19(13)14/h6-8,12,14H,1-5H2,(H,18,20). The number of carbonyl (C=O) groups excluding carboxylic acids is 1. The van der Waals surface area contributed by atoms with Crippen LogP contribution in [0.2, 0.25) is 0 Å². The number of nitrogens with zero attached hydrogens (tertiary/aromatic N) is 1. The van der Waals surface area contributed by atoms with Crippen LogP contribution in [0.25, 0.3) is 0 Å². The summed E-state index contributed by atoms with van der Waals surface area (Å²) in [5.74, 6) is 0.296. The Bertz CT molecular complexity index is 591. The Hall–Kier alpha value is -1.10. The van der Waals surface area contributed by atoms with Crippen LogP contribution in [-0.4, -0.2) is 18.0 Å². The first-order valence-electron chi connectivity index (χ1n) is 7.23. The second-order valence-electron chi connectivity index (χ2n) is 6.04. The summed E-state index contributed by atoms with van der Waals surface area (Å²) < 4.78 is 14.2. The SMILES string of the molecule is O=C1Nc2cc(F)c(Br)cc2N2C1CC1CCCCC12. The summed E-state index contributed by atoms with van der Waals surface area (Å²) in [5, 5.41) is 2.87. The molecule has 0 bridgehead atoms. The molecule has 0 aromatic heterocycles. The molecule has 1 aliphatic carbocycles. The van der Waals surface area contributed by atoms with Crippen molar-refractivity contribution in [1.82, 2.24) is 0 Å². The summed E-state index contributed by atoms with van der Waals surface area (Å²) in [7, 11) is 0. The van der Waals surface area contributed by atoms with Gasteiger partial charge < -0.3 is 10.2 Å². The van der Waals surface area contributed by atoms with Gasteiger partial charge in [-0.25, -0.2) is 4.39 Å². The number of hydrogen-bond donors (Lipinski definition) is 1. The van der Waals surface area contributed by atoms with Crippen molar-refractivity contribution >= 4 is 33.2 Å². The fourth-order valence-corrected chi connectivity index (χ4v) is 4.44. The van der Waals surface area contributed by atoms with Gasteiger partial charge >= 0.3 is 0 Å². The molecule has 1 aromatic carbocycles. The molecule has 106 valence electrons. The quantitative estimate of drug-likeness (QED) is 0.782. The van der Waals surface area contributed by atoms with E-state index < -0.39 is 0 Å². The van der Waals surface area contributed by atoms with E-state index in [0.29, 0.717) is 22.1 Å². The molecule has 20 heavy (non-hydrogen) atoms. The van der Waals surface area contributed by atoms with Gasteiger partial charge in [0, 0.05) is 12.1 Å². The van der Waals surface area contributed by atoms with Crippen LogP contribution in [0.1, 0.15) is 32.1 Å². The van der Waals surface area contributed by atoms with Crippen LogP contribution in [0.4, 0.5) is 15.8 Å². The molecule has 2 aliphatic heterocycles. The largest absolute Gasteiger partial charge is 0.354 e. The van der Waals surface area contributed by atoms with Gasteiger partial charge in [-0.05, 0) is 47.2 Å². The Morgan fingerprint density at radius 2 is 2.10 bits per heavy atom. The molecule has 4 rings (SSSR count). The third-order valence-electron chi connectivity index (χ3n) is 4.97. The first-order valence-corrected chi connectivity index (χ1v) is 8.02. The Morgan fingerprint density at radius 1 is 1.30 bits per heavy atom. The summed E-state index contributed by atoms with van der Waals surface area (Å²) in [4.78, 5) is 14.5. The van der Waals surface area contributed by atoms with E-state index in [1.807, 2.05) is 6.07 Å². The number of hydrogen-bond acceptors (Lipinski definition) is 2. The highest BCUT2D eigenvalue weighted by molar-refractivity contribution is 9.10. The molecule has 2 fully saturated rings. The lowest BCUT2D eigenvalue weighted by molar-refractivity contribution is -0.117. The zero-order valence-corrected chi connectivity index (χ0v) is 12.6. The smallest absolute Gasteiger partial charge is 0.247 e. The van der Waals surface area contributed by atoms with Crippen molar-refractivity contribution in [2.45, 2.75) is 44.2 Å². The van der Waals surface area contributed by atoms with Crippen LogP contribution in [0, 0.1) is 11.7 Å². The highest BCUT2D eigenvalue weighted by atomic mass is 79.9. The maximum Gasteiger partial charge on any atom is 0.247 e. The third-order valence-corrected chi connectivity index (χ3v) is 5.57. The van der Waals surface area contributed by atoms with Gasteiger partial charge in [0.2, 0.25) is 5.91 Å². The van der Waals surface area contributed by atoms with Crippen LogP contribution < -0.4 is 10.2 Å². The molecule has 3 nitrogen and oxygen atoms in total. The maximum absolute atomic E-state index is 13.7. The van der Waals surface area contributed by atoms with Gasteiger partial charge in [-0.1, -0.05) is 12.8 Å². The normalized spacial score (nSPS) is 31.4. The fraction of sp³-hybridized carbons (Fsp3) is 0.533. The minimum absolute atomic E-state index is 0.0219. The van der Waals surface area contributed by atoms with Gasteiger partial charge in [-0.3, -0.25) is 4.79 Å². The lowest BCUT2D eigenvalue weighted by Crippen LogP contribution is -2.48. The first kappa shape index (κ1) is 12.6. The number of rotatable bonds is 0. The average molecular weight is 339 g/mol. The highest BCUT2D eigenvalue weighted by Gasteiger charge is 2.48. The van der Waals surface area contributed by atoms with Crippen LogP contribution in [0.3, 0.4) is 0 Å². The monoisotopic (exact) mass is 338 g/mol. The lowest BCUT2D eigenvalue weighted by atomic mass is 9.84. The molecule has 1 saturated carbocycles. The van der Waals surface area contributed by atoms with Crippen molar-refractivity contribution < 1.29 is 9.18 Å². The molecular weight excluding hydrogens is 323 g/mol. The van der Waals surface area contributed by atoms with Crippen molar-refractivity contribution in [2.24, 2.45) is 5.92 Å². The van der Waals surface area contributed by atoms with Gasteiger partial charge in [0.05, 0.1) is 15.8 Å². The van der Waals surface area contributed by atoms with Crippen LogP contribution >= 0.6 is 15.9 Å². The molecule has 2 heterocycles. The topological polar surface area (TPSA) is 32.3 Å². The van der Waals surface area contributed by atoms with Crippen LogP contribution in [-0.2, 0) is 4.79 Å². The van der Waals surface area contributed by atoms with Crippen molar-refractivity contribution in [3.63, 3.8) is 0 Å². The van der Waals surface area contributed by atoms with Crippen molar-refractivity contribution in [1.29, 1.82) is 0 Å². The third kappa shape index (κ3) is 1.72. The molecule has 3 unspecified atom stereocenters. The molecule has 1 saturated heterocycles. The fourth-order valence-electron chi connectivity index (χ4n) is 4.11. The average Bonchev–Trinajstić information content (AvgIpc) is 2.82. The van der Waals surface area contributed by atoms with Crippen molar-refractivity contribution in [3.8, 4) is 0 Å². The maximum atomic E-state index is 13.7. The van der Waals surface area contributed by atoms with E-state index in [4.69, 9.17) is 0 Å². The first-order chi connectivity index (χ1) is 9.65. The highest BCUT2D eigenvalue weighted by Crippen LogP contribution is 2.47. The molecule has 3 atom stereocenters. The Kier molecular flexibility index (Phi) is 2.81. The van der Waals surface area contributed by atoms with E-state index in [1.165, 1.54) is 25.3 Å². The van der Waals surface area contributed by atoms with Crippen molar-refractivity contribution in [3.05, 3.63) is 22.4 Å². The van der Waals surface area contributed by atoms with E-state index in [2.05, 4.69) is 26.1 Å². The van der Waals surface area contributed by atoms with E-state index in [9.17, 15) is 9.18 Å². The number of benzene rings is 1. The second kappa shape index (κ2) is 4.45. The van der Waals surface area contributed by atoms with Crippen LogP contribution in [0.15, 0.2) is 16.6 Å². The zero-order valence-electron chi connectivity index (χ0n) is 11.0. The van der Waals surface area contributed by atoms with Gasteiger partial charge in [0.25, 0.3) is 0 Å². The predicted molar refractivity (Wildman–Crippen MR) is 79.4 cm³/mol. The Morgan fingerprint density at radius 3 is 2.95 bits per heavy atom. The summed E-state index contributed by atoms with van der Waals surface area (Å²) in [6.45, 7) is 0. The van der Waals surface area contributed by atoms with Crippen molar-refractivity contribution in [2.75, 3.05) is 10.2 Å². The molecule has 0 radical (unpaired) electrons. The van der Waals surface area contributed by atoms with E-state index >= 15 is 0 Å². The number of amides is 1. The second-order valence-corrected chi connectivity index (χ2v) is 6.90. The number of halogens is 2. The summed E-state index contributed by atoms with van der Waals surface area (Å²) in [5.41, 5.74) is 1.58. The van der Waals surface area contributed by atoms with E-state index in [0.717, 1.165) is 18.5 Å². The Labute approximate surface area is 125 Å².